The molecule has 1 fully saturated rings. The number of aromatic nitrogens is 2. The van der Waals surface area contributed by atoms with Crippen LogP contribution < -0.4 is 0 Å². The van der Waals surface area contributed by atoms with Crippen molar-refractivity contribution >= 4 is 23.0 Å². The highest BCUT2D eigenvalue weighted by Crippen LogP contribution is 2.40. The first-order valence-electron chi connectivity index (χ1n) is 7.79. The fourth-order valence-electron chi connectivity index (χ4n) is 2.73. The summed E-state index contributed by atoms with van der Waals surface area (Å²) in [7, 11) is 0. The molecule has 2 heterocycles. The Kier molecular flexibility index (Phi) is 4.02. The molecule has 0 spiro atoms. The number of carboxylic acid groups (broad SMARTS) is 1. The van der Waals surface area contributed by atoms with Gasteiger partial charge in [-0.2, -0.15) is 0 Å². The highest BCUT2D eigenvalue weighted by atomic mass is 16.5. The van der Waals surface area contributed by atoms with Gasteiger partial charge in [-0.25, -0.2) is 4.98 Å². The summed E-state index contributed by atoms with van der Waals surface area (Å²) < 4.78 is 5.23. The van der Waals surface area contributed by atoms with Crippen LogP contribution in [0.4, 0.5) is 0 Å². The second-order valence-electron chi connectivity index (χ2n) is 5.94. The maximum Gasteiger partial charge on any atom is 0.323 e. The van der Waals surface area contributed by atoms with Crippen molar-refractivity contribution in [2.24, 2.45) is 0 Å². The summed E-state index contributed by atoms with van der Waals surface area (Å²) in [6, 6.07) is 1.77. The summed E-state index contributed by atoms with van der Waals surface area (Å²) in [5.41, 5.74) is 2.20. The van der Waals surface area contributed by atoms with Gasteiger partial charge in [0.05, 0.1) is 16.6 Å². The fourth-order valence-corrected chi connectivity index (χ4v) is 2.73. The Morgan fingerprint density at radius 1 is 1.43 bits per heavy atom. The van der Waals surface area contributed by atoms with E-state index in [4.69, 9.17) is 9.63 Å². The van der Waals surface area contributed by atoms with Crippen LogP contribution >= 0.6 is 0 Å². The molecular weight excluding hydrogens is 298 g/mol. The second-order valence-corrected chi connectivity index (χ2v) is 5.94. The van der Waals surface area contributed by atoms with Crippen molar-refractivity contribution in [3.8, 4) is 0 Å². The summed E-state index contributed by atoms with van der Waals surface area (Å²) in [6.45, 7) is 3.73. The molecule has 0 aromatic carbocycles. The van der Waals surface area contributed by atoms with Crippen LogP contribution in [0, 0.1) is 6.92 Å². The maximum atomic E-state index is 12.9. The summed E-state index contributed by atoms with van der Waals surface area (Å²) in [5.74, 6) is -0.980. The molecule has 1 N–H and O–H groups in total. The van der Waals surface area contributed by atoms with Crippen molar-refractivity contribution in [2.45, 2.75) is 39.0 Å². The molecule has 2 aromatic heterocycles. The molecule has 1 amide bonds. The van der Waals surface area contributed by atoms with E-state index in [1.165, 1.54) is 4.90 Å². The van der Waals surface area contributed by atoms with Gasteiger partial charge in [0.1, 0.15) is 6.54 Å². The van der Waals surface area contributed by atoms with Crippen molar-refractivity contribution in [3.05, 3.63) is 23.0 Å². The molecule has 3 rings (SSSR count). The zero-order valence-electron chi connectivity index (χ0n) is 13.2. The number of hydrogen-bond acceptors (Lipinski definition) is 5. The Hall–Kier alpha value is -2.44. The lowest BCUT2D eigenvalue weighted by atomic mass is 10.1. The predicted molar refractivity (Wildman–Crippen MR) is 82.3 cm³/mol. The molecule has 0 atom stereocenters. The number of aliphatic carboxylic acids is 1. The normalized spacial score (nSPS) is 14.2. The number of amides is 1. The van der Waals surface area contributed by atoms with Gasteiger partial charge in [0.2, 0.25) is 0 Å². The molecule has 0 saturated heterocycles. The predicted octanol–water partition coefficient (Wildman–Crippen LogP) is 2.35. The molecule has 1 saturated carbocycles. The zero-order chi connectivity index (χ0) is 16.6. The SMILES string of the molecule is CCCN(CC(=O)O)C(=O)c1cc(C2CC2)nc2onc(C)c12. The van der Waals surface area contributed by atoms with Crippen LogP contribution in [0.2, 0.25) is 0 Å². The quantitative estimate of drug-likeness (QED) is 0.878. The highest BCUT2D eigenvalue weighted by Gasteiger charge is 2.30. The minimum atomic E-state index is -1.03. The number of carboxylic acids is 1. The van der Waals surface area contributed by atoms with E-state index in [0.29, 0.717) is 41.2 Å². The van der Waals surface area contributed by atoms with Crippen LogP contribution in [-0.2, 0) is 4.79 Å². The molecule has 7 heteroatoms. The standard InChI is InChI=1S/C16H19N3O4/c1-3-6-19(8-13(20)21)16(22)11-7-12(10-4-5-10)17-15-14(11)9(2)18-23-15/h7,10H,3-6,8H2,1-2H3,(H,20,21). The first-order chi connectivity index (χ1) is 11.0. The maximum absolute atomic E-state index is 12.9. The lowest BCUT2D eigenvalue weighted by Gasteiger charge is -2.20. The van der Waals surface area contributed by atoms with Crippen LogP contribution in [0.3, 0.4) is 0 Å². The molecule has 0 aliphatic heterocycles. The summed E-state index contributed by atoms with van der Waals surface area (Å²) in [6.07, 6.45) is 2.78. The van der Waals surface area contributed by atoms with Crippen LogP contribution in [0.15, 0.2) is 10.6 Å². The number of rotatable bonds is 6. The van der Waals surface area contributed by atoms with Crippen molar-refractivity contribution < 1.29 is 19.2 Å². The topological polar surface area (TPSA) is 96.5 Å². The minimum absolute atomic E-state index is 0.310. The Bertz CT molecular complexity index is 764. The van der Waals surface area contributed by atoms with E-state index >= 15 is 0 Å². The third kappa shape index (κ3) is 3.04. The number of carbonyl (C=O) groups is 2. The van der Waals surface area contributed by atoms with Gasteiger partial charge in [-0.15, -0.1) is 0 Å². The smallest absolute Gasteiger partial charge is 0.323 e. The molecular formula is C16H19N3O4. The molecule has 2 aromatic rings. The van der Waals surface area contributed by atoms with Crippen LogP contribution in [0.1, 0.15) is 53.8 Å². The van der Waals surface area contributed by atoms with E-state index < -0.39 is 5.97 Å². The number of carbonyl (C=O) groups excluding carboxylic acids is 1. The Morgan fingerprint density at radius 3 is 2.78 bits per heavy atom. The fraction of sp³-hybridized carbons (Fsp3) is 0.500. The van der Waals surface area contributed by atoms with E-state index in [1.807, 2.05) is 6.92 Å². The number of hydrogen-bond donors (Lipinski definition) is 1. The third-order valence-corrected chi connectivity index (χ3v) is 3.97. The van der Waals surface area contributed by atoms with Crippen molar-refractivity contribution in [3.63, 3.8) is 0 Å². The molecule has 7 nitrogen and oxygen atoms in total. The van der Waals surface area contributed by atoms with E-state index in [-0.39, 0.29) is 12.5 Å². The number of fused-ring (bicyclic) bond motifs is 1. The first-order valence-corrected chi connectivity index (χ1v) is 7.79. The van der Waals surface area contributed by atoms with E-state index in [0.717, 1.165) is 18.5 Å². The van der Waals surface area contributed by atoms with Gasteiger partial charge < -0.3 is 14.5 Å². The van der Waals surface area contributed by atoms with Crippen LogP contribution in [0.25, 0.3) is 11.1 Å². The van der Waals surface area contributed by atoms with Crippen molar-refractivity contribution in [1.82, 2.24) is 15.0 Å². The van der Waals surface area contributed by atoms with Crippen molar-refractivity contribution in [2.75, 3.05) is 13.1 Å². The van der Waals surface area contributed by atoms with Gasteiger partial charge in [0.15, 0.2) is 0 Å². The lowest BCUT2D eigenvalue weighted by Crippen LogP contribution is -2.36. The van der Waals surface area contributed by atoms with Gasteiger partial charge in [0, 0.05) is 18.2 Å². The summed E-state index contributed by atoms with van der Waals surface area (Å²) in [5, 5.41) is 13.5. The average molecular weight is 317 g/mol. The molecule has 1 aliphatic rings. The van der Waals surface area contributed by atoms with Gasteiger partial charge in [-0.05, 0) is 32.3 Å². The molecule has 1 aliphatic carbocycles. The first kappa shape index (κ1) is 15.5. The number of nitrogens with zero attached hydrogens (tertiary/aromatic N) is 3. The molecule has 122 valence electrons. The van der Waals surface area contributed by atoms with E-state index in [2.05, 4.69) is 10.1 Å². The average Bonchev–Trinajstić information content (AvgIpc) is 3.29. The number of aryl methyl sites for hydroxylation is 1. The van der Waals surface area contributed by atoms with E-state index in [1.54, 1.807) is 13.0 Å². The third-order valence-electron chi connectivity index (χ3n) is 3.97. The van der Waals surface area contributed by atoms with E-state index in [9.17, 15) is 9.59 Å². The lowest BCUT2D eigenvalue weighted by molar-refractivity contribution is -0.137. The molecule has 0 unspecified atom stereocenters. The van der Waals surface area contributed by atoms with Gasteiger partial charge >= 0.3 is 5.97 Å². The Labute approximate surface area is 133 Å². The second kappa shape index (κ2) is 5.98. The van der Waals surface area contributed by atoms with Crippen LogP contribution in [-0.4, -0.2) is 45.1 Å². The zero-order valence-corrected chi connectivity index (χ0v) is 13.2. The van der Waals surface area contributed by atoms with Gasteiger partial charge in [-0.3, -0.25) is 9.59 Å². The Morgan fingerprint density at radius 2 is 2.17 bits per heavy atom. The summed E-state index contributed by atoms with van der Waals surface area (Å²) >= 11 is 0. The molecule has 23 heavy (non-hydrogen) atoms. The number of pyridine rings is 1. The van der Waals surface area contributed by atoms with Crippen LogP contribution in [0.5, 0.6) is 0 Å². The monoisotopic (exact) mass is 317 g/mol. The van der Waals surface area contributed by atoms with Gasteiger partial charge in [-0.1, -0.05) is 12.1 Å². The molecule has 0 bridgehead atoms. The highest BCUT2D eigenvalue weighted by molar-refractivity contribution is 6.06. The summed E-state index contributed by atoms with van der Waals surface area (Å²) in [4.78, 5) is 29.7. The molecule has 0 radical (unpaired) electrons. The largest absolute Gasteiger partial charge is 0.480 e. The van der Waals surface area contributed by atoms with Crippen molar-refractivity contribution in [1.29, 1.82) is 0 Å². The Balaban J connectivity index is 2.06. The minimum Gasteiger partial charge on any atom is -0.480 e. The van der Waals surface area contributed by atoms with Gasteiger partial charge in [0.25, 0.3) is 11.6 Å².